The molecule has 0 aliphatic heterocycles. The first-order valence-corrected chi connectivity index (χ1v) is 7.87. The third-order valence-corrected chi connectivity index (χ3v) is 4.45. The molecule has 2 aromatic rings. The topological polar surface area (TPSA) is 53.4 Å². The maximum Gasteiger partial charge on any atom is 0.256 e. The van der Waals surface area contributed by atoms with Gasteiger partial charge < -0.3 is 10.0 Å². The van der Waals surface area contributed by atoms with Crippen molar-refractivity contribution in [3.63, 3.8) is 0 Å². The molecule has 1 amide bonds. The zero-order chi connectivity index (χ0) is 15.4. The molecule has 0 atom stereocenters. The van der Waals surface area contributed by atoms with Gasteiger partial charge in [0.05, 0.1) is 27.9 Å². The van der Waals surface area contributed by atoms with Gasteiger partial charge in [0.15, 0.2) is 0 Å². The van der Waals surface area contributed by atoms with Crippen LogP contribution in [0.15, 0.2) is 23.6 Å². The van der Waals surface area contributed by atoms with E-state index in [9.17, 15) is 9.90 Å². The van der Waals surface area contributed by atoms with Crippen LogP contribution in [0.3, 0.4) is 0 Å². The molecular formula is C14H14Cl2N2O2S. The highest BCUT2D eigenvalue weighted by molar-refractivity contribution is 7.03. The lowest BCUT2D eigenvalue weighted by Crippen LogP contribution is -2.33. The van der Waals surface area contributed by atoms with Crippen LogP contribution >= 0.6 is 34.7 Å². The lowest BCUT2D eigenvalue weighted by atomic mass is 10.2. The van der Waals surface area contributed by atoms with Gasteiger partial charge in [-0.3, -0.25) is 4.79 Å². The van der Waals surface area contributed by atoms with Gasteiger partial charge in [0.1, 0.15) is 0 Å². The highest BCUT2D eigenvalue weighted by Gasteiger charge is 2.19. The van der Waals surface area contributed by atoms with Gasteiger partial charge in [0.2, 0.25) is 0 Å². The number of amides is 1. The van der Waals surface area contributed by atoms with E-state index >= 15 is 0 Å². The number of aliphatic hydroxyl groups is 1. The third-order valence-electron chi connectivity index (χ3n) is 2.99. The molecule has 0 saturated carbocycles. The molecule has 7 heteroatoms. The van der Waals surface area contributed by atoms with E-state index in [1.54, 1.807) is 29.3 Å². The minimum absolute atomic E-state index is 0.107. The monoisotopic (exact) mass is 344 g/mol. The van der Waals surface area contributed by atoms with Crippen molar-refractivity contribution >= 4 is 40.6 Å². The lowest BCUT2D eigenvalue weighted by molar-refractivity contribution is 0.0707. The molecule has 4 nitrogen and oxygen atoms in total. The Kier molecular flexibility index (Phi) is 5.58. The van der Waals surface area contributed by atoms with Gasteiger partial charge in [-0.2, -0.15) is 4.37 Å². The molecule has 0 saturated heterocycles. The Balaban J connectivity index is 2.21. The van der Waals surface area contributed by atoms with Crippen molar-refractivity contribution in [1.29, 1.82) is 0 Å². The van der Waals surface area contributed by atoms with Crippen molar-refractivity contribution in [1.82, 2.24) is 9.27 Å². The summed E-state index contributed by atoms with van der Waals surface area (Å²) in [4.78, 5) is 14.1. The number of carbonyl (C=O) groups excluding carboxylic acids is 1. The number of aliphatic hydroxyl groups excluding tert-OH is 1. The van der Waals surface area contributed by atoms with Gasteiger partial charge in [-0.1, -0.05) is 29.3 Å². The quantitative estimate of drug-likeness (QED) is 0.904. The minimum atomic E-state index is -0.152. The molecule has 1 aromatic carbocycles. The van der Waals surface area contributed by atoms with Crippen molar-refractivity contribution in [2.24, 2.45) is 0 Å². The normalized spacial score (nSPS) is 10.7. The summed E-state index contributed by atoms with van der Waals surface area (Å²) in [5.74, 6) is -0.152. The van der Waals surface area contributed by atoms with Crippen molar-refractivity contribution in [2.75, 3.05) is 13.2 Å². The van der Waals surface area contributed by atoms with Crippen molar-refractivity contribution in [2.45, 2.75) is 13.5 Å². The third kappa shape index (κ3) is 3.95. The molecule has 1 aromatic heterocycles. The van der Waals surface area contributed by atoms with Crippen LogP contribution in [0.25, 0.3) is 0 Å². The first kappa shape index (κ1) is 16.2. The highest BCUT2D eigenvalue weighted by atomic mass is 35.5. The summed E-state index contributed by atoms with van der Waals surface area (Å²) >= 11 is 13.1. The van der Waals surface area contributed by atoms with Crippen LogP contribution in [0, 0.1) is 6.92 Å². The molecule has 1 N–H and O–H groups in total. The van der Waals surface area contributed by atoms with Crippen molar-refractivity contribution < 1.29 is 9.90 Å². The van der Waals surface area contributed by atoms with E-state index in [0.29, 0.717) is 27.8 Å². The smallest absolute Gasteiger partial charge is 0.256 e. The van der Waals surface area contributed by atoms with Crippen LogP contribution in [-0.4, -0.2) is 33.4 Å². The maximum absolute atomic E-state index is 12.5. The van der Waals surface area contributed by atoms with E-state index in [2.05, 4.69) is 4.37 Å². The second kappa shape index (κ2) is 7.22. The average Bonchev–Trinajstić information content (AvgIpc) is 2.88. The Morgan fingerprint density at radius 3 is 2.71 bits per heavy atom. The van der Waals surface area contributed by atoms with E-state index in [-0.39, 0.29) is 19.1 Å². The van der Waals surface area contributed by atoms with Crippen molar-refractivity contribution in [3.05, 3.63) is 50.4 Å². The number of benzene rings is 1. The molecule has 2 rings (SSSR count). The molecule has 0 aliphatic carbocycles. The number of hydrogen-bond donors (Lipinski definition) is 1. The number of halogens is 2. The predicted octanol–water partition coefficient (Wildman–Crippen LogP) is 3.39. The number of aryl methyl sites for hydroxylation is 1. The summed E-state index contributed by atoms with van der Waals surface area (Å²) in [5.41, 5.74) is 2.11. The number of aromatic nitrogens is 1. The van der Waals surface area contributed by atoms with Gasteiger partial charge in [-0.15, -0.1) is 0 Å². The molecule has 112 valence electrons. The lowest BCUT2D eigenvalue weighted by Gasteiger charge is -2.22. The summed E-state index contributed by atoms with van der Waals surface area (Å²) in [6, 6.07) is 5.23. The van der Waals surface area contributed by atoms with Crippen LogP contribution in [0.5, 0.6) is 0 Å². The number of carbonyl (C=O) groups is 1. The molecular weight excluding hydrogens is 331 g/mol. The number of rotatable bonds is 5. The maximum atomic E-state index is 12.5. The van der Waals surface area contributed by atoms with Crippen LogP contribution in [-0.2, 0) is 6.54 Å². The molecule has 0 radical (unpaired) electrons. The van der Waals surface area contributed by atoms with Gasteiger partial charge in [0, 0.05) is 18.5 Å². The predicted molar refractivity (Wildman–Crippen MR) is 85.1 cm³/mol. The van der Waals surface area contributed by atoms with Crippen LogP contribution < -0.4 is 0 Å². The van der Waals surface area contributed by atoms with Gasteiger partial charge in [0.25, 0.3) is 5.91 Å². The van der Waals surface area contributed by atoms with E-state index in [4.69, 9.17) is 23.2 Å². The largest absolute Gasteiger partial charge is 0.395 e. The number of nitrogens with zero attached hydrogens (tertiary/aromatic N) is 2. The van der Waals surface area contributed by atoms with E-state index in [1.165, 1.54) is 11.5 Å². The highest BCUT2D eigenvalue weighted by Crippen LogP contribution is 2.24. The summed E-state index contributed by atoms with van der Waals surface area (Å²) in [6.45, 7) is 2.28. The summed E-state index contributed by atoms with van der Waals surface area (Å²) in [5, 5.41) is 11.8. The fraction of sp³-hybridized carbons (Fsp3) is 0.286. The fourth-order valence-electron chi connectivity index (χ4n) is 1.90. The Bertz CT molecular complexity index is 646. The van der Waals surface area contributed by atoms with Crippen molar-refractivity contribution in [3.8, 4) is 0 Å². The Labute approximate surface area is 137 Å². The zero-order valence-corrected chi connectivity index (χ0v) is 13.7. The fourth-order valence-corrected chi connectivity index (χ4v) is 2.91. The second-order valence-corrected chi connectivity index (χ2v) is 5.96. The zero-order valence-electron chi connectivity index (χ0n) is 11.3. The standard InChI is InChI=1S/C14H14Cl2N2O2S/c1-9-11(8-21-17-9)14(20)18(4-5-19)7-10-2-3-12(15)13(16)6-10/h2-3,6,8,19H,4-5,7H2,1H3. The van der Waals surface area contributed by atoms with E-state index in [1.807, 2.05) is 6.07 Å². The molecule has 0 bridgehead atoms. The molecule has 0 fully saturated rings. The second-order valence-electron chi connectivity index (χ2n) is 4.51. The summed E-state index contributed by atoms with van der Waals surface area (Å²) < 4.78 is 4.11. The number of hydrogen-bond acceptors (Lipinski definition) is 4. The molecule has 1 heterocycles. The van der Waals surface area contributed by atoms with Crippen LogP contribution in [0.2, 0.25) is 10.0 Å². The summed E-state index contributed by atoms with van der Waals surface area (Å²) in [7, 11) is 0. The summed E-state index contributed by atoms with van der Waals surface area (Å²) in [6.07, 6.45) is 0. The SMILES string of the molecule is Cc1nscc1C(=O)N(CCO)Cc1ccc(Cl)c(Cl)c1. The molecule has 0 unspecified atom stereocenters. The average molecular weight is 345 g/mol. The first-order valence-electron chi connectivity index (χ1n) is 6.28. The van der Waals surface area contributed by atoms with Gasteiger partial charge >= 0.3 is 0 Å². The Morgan fingerprint density at radius 1 is 1.38 bits per heavy atom. The van der Waals surface area contributed by atoms with Gasteiger partial charge in [-0.05, 0) is 36.2 Å². The molecule has 0 spiro atoms. The Morgan fingerprint density at radius 2 is 2.14 bits per heavy atom. The first-order chi connectivity index (χ1) is 10.0. The van der Waals surface area contributed by atoms with Gasteiger partial charge in [-0.25, -0.2) is 0 Å². The van der Waals surface area contributed by atoms with E-state index < -0.39 is 0 Å². The van der Waals surface area contributed by atoms with Crippen LogP contribution in [0.4, 0.5) is 0 Å². The van der Waals surface area contributed by atoms with E-state index in [0.717, 1.165) is 5.56 Å². The molecule has 0 aliphatic rings. The molecule has 21 heavy (non-hydrogen) atoms. The van der Waals surface area contributed by atoms with Crippen LogP contribution in [0.1, 0.15) is 21.6 Å². The minimum Gasteiger partial charge on any atom is -0.395 e. The Hall–Kier alpha value is -1.14.